The fourth-order valence-electron chi connectivity index (χ4n) is 1.45. The predicted molar refractivity (Wildman–Crippen MR) is 69.6 cm³/mol. The van der Waals surface area contributed by atoms with E-state index in [4.69, 9.17) is 4.74 Å². The molecule has 0 aliphatic rings. The largest absolute Gasteiger partial charge is 0.356 e. The van der Waals surface area contributed by atoms with Gasteiger partial charge in [0.05, 0.1) is 11.1 Å². The molecule has 3 nitrogen and oxygen atoms in total. The van der Waals surface area contributed by atoms with Gasteiger partial charge in [-0.2, -0.15) is 0 Å². The molecule has 0 N–H and O–H groups in total. The Morgan fingerprint density at radius 3 is 2.65 bits per heavy atom. The van der Waals surface area contributed by atoms with Crippen LogP contribution in [0.5, 0.6) is 0 Å². The zero-order chi connectivity index (χ0) is 12.1. The van der Waals surface area contributed by atoms with Gasteiger partial charge >= 0.3 is 0 Å². The van der Waals surface area contributed by atoms with Crippen molar-refractivity contribution in [2.75, 3.05) is 0 Å². The molecule has 0 bridgehead atoms. The molecule has 0 saturated heterocycles. The highest BCUT2D eigenvalue weighted by Gasteiger charge is 1.99. The van der Waals surface area contributed by atoms with E-state index in [2.05, 4.69) is 15.9 Å². The summed E-state index contributed by atoms with van der Waals surface area (Å²) in [5, 5.41) is 0. The van der Waals surface area contributed by atoms with E-state index in [0.29, 0.717) is 11.1 Å². The Bertz CT molecular complexity index is 537. The van der Waals surface area contributed by atoms with Crippen molar-refractivity contribution in [1.29, 1.82) is 0 Å². The smallest absolute Gasteiger partial charge is 0.266 e. The monoisotopic (exact) mass is 293 g/mol. The maximum atomic E-state index is 11.6. The molecule has 0 spiro atoms. The Balaban J connectivity index is 1.95. The Hall–Kier alpha value is -1.39. The third kappa shape index (κ3) is 3.28. The summed E-state index contributed by atoms with van der Waals surface area (Å²) in [5.74, 6) is 0. The van der Waals surface area contributed by atoms with E-state index in [1.807, 2.05) is 30.3 Å². The van der Waals surface area contributed by atoms with E-state index in [9.17, 15) is 4.79 Å². The lowest BCUT2D eigenvalue weighted by Crippen LogP contribution is -2.20. The normalized spacial score (nSPS) is 10.4. The van der Waals surface area contributed by atoms with Crippen LogP contribution in [0.2, 0.25) is 0 Å². The van der Waals surface area contributed by atoms with Gasteiger partial charge in [0.25, 0.3) is 5.56 Å². The number of ether oxygens (including phenoxy) is 1. The molecule has 0 aliphatic heterocycles. The van der Waals surface area contributed by atoms with Gasteiger partial charge in [0.1, 0.15) is 6.73 Å². The van der Waals surface area contributed by atoms with Crippen LogP contribution in [0, 0.1) is 0 Å². The van der Waals surface area contributed by atoms with Gasteiger partial charge in [0.2, 0.25) is 0 Å². The summed E-state index contributed by atoms with van der Waals surface area (Å²) in [5.41, 5.74) is 1.01. The zero-order valence-electron chi connectivity index (χ0n) is 9.17. The van der Waals surface area contributed by atoms with Gasteiger partial charge < -0.3 is 4.74 Å². The number of hydrogen-bond donors (Lipinski definition) is 0. The molecule has 4 heteroatoms. The molecule has 2 aromatic rings. The molecule has 0 radical (unpaired) electrons. The van der Waals surface area contributed by atoms with Crippen LogP contribution in [0.25, 0.3) is 0 Å². The van der Waals surface area contributed by atoms with Gasteiger partial charge in [-0.25, -0.2) is 0 Å². The van der Waals surface area contributed by atoms with Crippen LogP contribution in [0.15, 0.2) is 57.9 Å². The van der Waals surface area contributed by atoms with Crippen molar-refractivity contribution in [2.24, 2.45) is 0 Å². The lowest BCUT2D eigenvalue weighted by molar-refractivity contribution is 0.0616. The topological polar surface area (TPSA) is 31.2 Å². The molecule has 1 aromatic heterocycles. The van der Waals surface area contributed by atoms with Gasteiger partial charge in [-0.1, -0.05) is 30.3 Å². The van der Waals surface area contributed by atoms with Crippen LogP contribution >= 0.6 is 15.9 Å². The van der Waals surface area contributed by atoms with E-state index >= 15 is 0 Å². The van der Waals surface area contributed by atoms with E-state index in [-0.39, 0.29) is 12.3 Å². The van der Waals surface area contributed by atoms with Crippen LogP contribution in [0.3, 0.4) is 0 Å². The summed E-state index contributed by atoms with van der Waals surface area (Å²) in [6.45, 7) is 0.757. The fraction of sp³-hybridized carbons (Fsp3) is 0.154. The van der Waals surface area contributed by atoms with Crippen LogP contribution < -0.4 is 5.56 Å². The van der Waals surface area contributed by atoms with E-state index < -0.39 is 0 Å². The van der Waals surface area contributed by atoms with Gasteiger partial charge in [-0.05, 0) is 33.6 Å². The van der Waals surface area contributed by atoms with Gasteiger partial charge in [0, 0.05) is 6.20 Å². The van der Waals surface area contributed by atoms with Crippen molar-refractivity contribution in [3.63, 3.8) is 0 Å². The Labute approximate surface area is 108 Å². The lowest BCUT2D eigenvalue weighted by Gasteiger charge is -2.07. The number of hydrogen-bond acceptors (Lipinski definition) is 2. The first-order valence-electron chi connectivity index (χ1n) is 5.24. The number of benzene rings is 1. The second-order valence-electron chi connectivity index (χ2n) is 3.59. The molecular weight excluding hydrogens is 282 g/mol. The molecule has 0 aliphatic carbocycles. The summed E-state index contributed by atoms with van der Waals surface area (Å²) in [7, 11) is 0. The number of pyridine rings is 1. The van der Waals surface area contributed by atoms with Crippen molar-refractivity contribution in [3.05, 3.63) is 69.1 Å². The minimum Gasteiger partial charge on any atom is -0.356 e. The molecule has 0 saturated carbocycles. The molecular formula is C13H12BrNO2. The van der Waals surface area contributed by atoms with Crippen molar-refractivity contribution >= 4 is 15.9 Å². The Morgan fingerprint density at radius 2 is 1.88 bits per heavy atom. The third-order valence-electron chi connectivity index (χ3n) is 2.32. The molecule has 0 unspecified atom stereocenters. The van der Waals surface area contributed by atoms with E-state index in [1.165, 1.54) is 4.57 Å². The summed E-state index contributed by atoms with van der Waals surface area (Å²) < 4.78 is 7.55. The van der Waals surface area contributed by atoms with Crippen molar-refractivity contribution in [2.45, 2.75) is 13.3 Å². The average molecular weight is 294 g/mol. The first kappa shape index (κ1) is 12.1. The molecule has 0 atom stereocenters. The third-order valence-corrected chi connectivity index (χ3v) is 2.92. The summed E-state index contributed by atoms with van der Waals surface area (Å²) in [4.78, 5) is 11.6. The SMILES string of the molecule is O=c1c(Br)cccn1COCc1ccccc1. The van der Waals surface area contributed by atoms with Crippen molar-refractivity contribution in [3.8, 4) is 0 Å². The Kier molecular flexibility index (Phi) is 4.12. The summed E-state index contributed by atoms with van der Waals surface area (Å²) >= 11 is 3.19. The first-order chi connectivity index (χ1) is 8.27. The standard InChI is InChI=1S/C13H12BrNO2/c14-12-7-4-8-15(13(12)16)10-17-9-11-5-2-1-3-6-11/h1-8H,9-10H2. The maximum Gasteiger partial charge on any atom is 0.266 e. The minimum atomic E-state index is -0.0828. The van der Waals surface area contributed by atoms with Gasteiger partial charge in [-0.15, -0.1) is 0 Å². The van der Waals surface area contributed by atoms with Gasteiger partial charge in [-0.3, -0.25) is 9.36 Å². The summed E-state index contributed by atoms with van der Waals surface area (Å²) in [6.07, 6.45) is 1.71. The van der Waals surface area contributed by atoms with Crippen molar-refractivity contribution < 1.29 is 4.74 Å². The molecule has 17 heavy (non-hydrogen) atoms. The lowest BCUT2D eigenvalue weighted by atomic mass is 10.2. The minimum absolute atomic E-state index is 0.0828. The number of aromatic nitrogens is 1. The second kappa shape index (κ2) is 5.80. The quantitative estimate of drug-likeness (QED) is 0.868. The number of nitrogens with zero attached hydrogens (tertiary/aromatic N) is 1. The molecule has 88 valence electrons. The highest BCUT2D eigenvalue weighted by atomic mass is 79.9. The van der Waals surface area contributed by atoms with E-state index in [1.54, 1.807) is 18.3 Å². The average Bonchev–Trinajstić information content (AvgIpc) is 2.36. The number of rotatable bonds is 4. The molecule has 0 fully saturated rings. The predicted octanol–water partition coefficient (Wildman–Crippen LogP) is 2.79. The Morgan fingerprint density at radius 1 is 1.12 bits per heavy atom. The van der Waals surface area contributed by atoms with E-state index in [0.717, 1.165) is 5.56 Å². The molecule has 2 rings (SSSR count). The highest BCUT2D eigenvalue weighted by Crippen LogP contribution is 2.03. The van der Waals surface area contributed by atoms with Crippen molar-refractivity contribution in [1.82, 2.24) is 4.57 Å². The maximum absolute atomic E-state index is 11.6. The zero-order valence-corrected chi connectivity index (χ0v) is 10.8. The second-order valence-corrected chi connectivity index (χ2v) is 4.45. The molecule has 1 aromatic carbocycles. The number of halogens is 1. The highest BCUT2D eigenvalue weighted by molar-refractivity contribution is 9.10. The molecule has 0 amide bonds. The molecule has 1 heterocycles. The first-order valence-corrected chi connectivity index (χ1v) is 6.03. The summed E-state index contributed by atoms with van der Waals surface area (Å²) in [6, 6.07) is 13.4. The van der Waals surface area contributed by atoms with Crippen LogP contribution in [-0.2, 0) is 18.1 Å². The van der Waals surface area contributed by atoms with Crippen LogP contribution in [0.1, 0.15) is 5.56 Å². The van der Waals surface area contributed by atoms with Crippen LogP contribution in [0.4, 0.5) is 0 Å². The van der Waals surface area contributed by atoms with Gasteiger partial charge in [0.15, 0.2) is 0 Å². The fourth-order valence-corrected chi connectivity index (χ4v) is 1.83. The van der Waals surface area contributed by atoms with Crippen LogP contribution in [-0.4, -0.2) is 4.57 Å².